The number of methoxy groups -OCH3 is 1. The summed E-state index contributed by atoms with van der Waals surface area (Å²) in [7, 11) is 1.46. The van der Waals surface area contributed by atoms with E-state index < -0.39 is 0 Å². The van der Waals surface area contributed by atoms with Crippen molar-refractivity contribution in [2.24, 2.45) is 5.73 Å². The van der Waals surface area contributed by atoms with Gasteiger partial charge in [0.25, 0.3) is 0 Å². The minimum absolute atomic E-state index is 0.104. The number of ether oxygens (including phenoxy) is 1. The Labute approximate surface area is 125 Å². The highest BCUT2D eigenvalue weighted by atomic mass is 19.1. The monoisotopic (exact) mass is 287 g/mol. The second-order valence-electron chi connectivity index (χ2n) is 5.87. The van der Waals surface area contributed by atoms with Crippen LogP contribution in [0.15, 0.2) is 48.5 Å². The molecule has 1 unspecified atom stereocenters. The van der Waals surface area contributed by atoms with Crippen LogP contribution in [-0.4, -0.2) is 13.2 Å². The van der Waals surface area contributed by atoms with Gasteiger partial charge in [-0.1, -0.05) is 50.2 Å². The van der Waals surface area contributed by atoms with E-state index in [4.69, 9.17) is 10.5 Å². The van der Waals surface area contributed by atoms with Crippen molar-refractivity contribution in [3.63, 3.8) is 0 Å². The first-order valence-corrected chi connectivity index (χ1v) is 7.08. The second-order valence-corrected chi connectivity index (χ2v) is 5.87. The maximum atomic E-state index is 13.8. The smallest absolute Gasteiger partial charge is 0.165 e. The SMILES string of the molecule is COc1ccc(CC(N)C(C)(C)c2ccccc2)cc1F. The molecule has 0 aliphatic heterocycles. The molecule has 0 bridgehead atoms. The summed E-state index contributed by atoms with van der Waals surface area (Å²) < 4.78 is 18.7. The summed E-state index contributed by atoms with van der Waals surface area (Å²) in [5.41, 5.74) is 8.27. The van der Waals surface area contributed by atoms with Crippen molar-refractivity contribution in [1.29, 1.82) is 0 Å². The summed E-state index contributed by atoms with van der Waals surface area (Å²) in [5.74, 6) is -0.0886. The molecule has 0 aliphatic rings. The summed E-state index contributed by atoms with van der Waals surface area (Å²) in [6.45, 7) is 4.24. The van der Waals surface area contributed by atoms with Gasteiger partial charge in [-0.05, 0) is 29.7 Å². The topological polar surface area (TPSA) is 35.2 Å². The van der Waals surface area contributed by atoms with Gasteiger partial charge < -0.3 is 10.5 Å². The Hall–Kier alpha value is -1.87. The minimum Gasteiger partial charge on any atom is -0.494 e. The lowest BCUT2D eigenvalue weighted by molar-refractivity contribution is 0.384. The van der Waals surface area contributed by atoms with E-state index in [1.807, 2.05) is 24.3 Å². The second kappa shape index (κ2) is 6.27. The van der Waals surface area contributed by atoms with Crippen molar-refractivity contribution < 1.29 is 9.13 Å². The Bertz CT molecular complexity index is 595. The van der Waals surface area contributed by atoms with Crippen molar-refractivity contribution in [3.05, 3.63) is 65.5 Å². The molecule has 1 atom stereocenters. The normalized spacial score (nSPS) is 13.0. The fourth-order valence-corrected chi connectivity index (χ4v) is 2.43. The lowest BCUT2D eigenvalue weighted by Crippen LogP contribution is -2.42. The van der Waals surface area contributed by atoms with Gasteiger partial charge in [-0.15, -0.1) is 0 Å². The maximum Gasteiger partial charge on any atom is 0.165 e. The quantitative estimate of drug-likeness (QED) is 0.910. The molecular formula is C18H22FNO. The molecule has 2 N–H and O–H groups in total. The Morgan fingerprint density at radius 2 is 1.81 bits per heavy atom. The zero-order valence-corrected chi connectivity index (χ0v) is 12.8. The van der Waals surface area contributed by atoms with E-state index in [0.717, 1.165) is 5.56 Å². The van der Waals surface area contributed by atoms with Gasteiger partial charge in [0.2, 0.25) is 0 Å². The number of rotatable bonds is 5. The Kier molecular flexibility index (Phi) is 4.63. The molecular weight excluding hydrogens is 265 g/mol. The molecule has 0 aliphatic carbocycles. The zero-order valence-electron chi connectivity index (χ0n) is 12.8. The zero-order chi connectivity index (χ0) is 15.5. The highest BCUT2D eigenvalue weighted by Crippen LogP contribution is 2.28. The highest BCUT2D eigenvalue weighted by molar-refractivity contribution is 5.31. The summed E-state index contributed by atoms with van der Waals surface area (Å²) in [6, 6.07) is 15.1. The van der Waals surface area contributed by atoms with Crippen molar-refractivity contribution in [2.45, 2.75) is 31.7 Å². The third-order valence-electron chi connectivity index (χ3n) is 4.12. The summed E-state index contributed by atoms with van der Waals surface area (Å²) in [4.78, 5) is 0. The van der Waals surface area contributed by atoms with Gasteiger partial charge in [0.05, 0.1) is 7.11 Å². The van der Waals surface area contributed by atoms with Crippen LogP contribution in [0.5, 0.6) is 5.75 Å². The van der Waals surface area contributed by atoms with Crippen LogP contribution in [0.3, 0.4) is 0 Å². The first kappa shape index (κ1) is 15.5. The van der Waals surface area contributed by atoms with Gasteiger partial charge in [-0.3, -0.25) is 0 Å². The lowest BCUT2D eigenvalue weighted by atomic mass is 9.76. The summed E-state index contributed by atoms with van der Waals surface area (Å²) in [5, 5.41) is 0. The molecule has 0 saturated heterocycles. The Balaban J connectivity index is 2.17. The largest absolute Gasteiger partial charge is 0.494 e. The summed E-state index contributed by atoms with van der Waals surface area (Å²) >= 11 is 0. The number of benzene rings is 2. The van der Waals surface area contributed by atoms with Crippen LogP contribution in [0, 0.1) is 5.82 Å². The summed E-state index contributed by atoms with van der Waals surface area (Å²) in [6.07, 6.45) is 0.614. The van der Waals surface area contributed by atoms with Gasteiger partial charge >= 0.3 is 0 Å². The van der Waals surface area contributed by atoms with E-state index in [0.29, 0.717) is 6.42 Å². The van der Waals surface area contributed by atoms with Crippen LogP contribution in [0.2, 0.25) is 0 Å². The van der Waals surface area contributed by atoms with Crippen LogP contribution < -0.4 is 10.5 Å². The molecule has 0 aromatic heterocycles. The van der Waals surface area contributed by atoms with Crippen LogP contribution in [0.25, 0.3) is 0 Å². The van der Waals surface area contributed by atoms with E-state index >= 15 is 0 Å². The fraction of sp³-hybridized carbons (Fsp3) is 0.333. The van der Waals surface area contributed by atoms with E-state index in [-0.39, 0.29) is 23.0 Å². The fourth-order valence-electron chi connectivity index (χ4n) is 2.43. The van der Waals surface area contributed by atoms with Crippen LogP contribution in [-0.2, 0) is 11.8 Å². The van der Waals surface area contributed by atoms with Crippen LogP contribution in [0.1, 0.15) is 25.0 Å². The van der Waals surface area contributed by atoms with E-state index in [1.54, 1.807) is 6.07 Å². The average Bonchev–Trinajstić information content (AvgIpc) is 2.48. The number of halogens is 1. The van der Waals surface area contributed by atoms with Gasteiger partial charge in [0.15, 0.2) is 11.6 Å². The van der Waals surface area contributed by atoms with Crippen molar-refractivity contribution in [2.75, 3.05) is 7.11 Å². The molecule has 2 aromatic carbocycles. The predicted molar refractivity (Wildman–Crippen MR) is 84.1 cm³/mol. The Morgan fingerprint density at radius 3 is 2.38 bits per heavy atom. The third kappa shape index (κ3) is 3.42. The molecule has 2 nitrogen and oxygen atoms in total. The molecule has 2 rings (SSSR count). The molecule has 0 radical (unpaired) electrons. The maximum absolute atomic E-state index is 13.8. The molecule has 2 aromatic rings. The Morgan fingerprint density at radius 1 is 1.14 bits per heavy atom. The van der Waals surface area contributed by atoms with E-state index in [9.17, 15) is 4.39 Å². The number of nitrogens with two attached hydrogens (primary N) is 1. The molecule has 0 fully saturated rings. The van der Waals surface area contributed by atoms with Crippen molar-refractivity contribution in [1.82, 2.24) is 0 Å². The molecule has 0 heterocycles. The van der Waals surface area contributed by atoms with Gasteiger partial charge in [0.1, 0.15) is 0 Å². The average molecular weight is 287 g/mol. The predicted octanol–water partition coefficient (Wildman–Crippen LogP) is 3.68. The first-order valence-electron chi connectivity index (χ1n) is 7.08. The third-order valence-corrected chi connectivity index (χ3v) is 4.12. The van der Waals surface area contributed by atoms with Gasteiger partial charge in [0, 0.05) is 11.5 Å². The minimum atomic E-state index is -0.347. The van der Waals surface area contributed by atoms with Crippen LogP contribution >= 0.6 is 0 Å². The van der Waals surface area contributed by atoms with Crippen molar-refractivity contribution >= 4 is 0 Å². The van der Waals surface area contributed by atoms with Gasteiger partial charge in [-0.25, -0.2) is 4.39 Å². The molecule has 3 heteroatoms. The molecule has 0 saturated carbocycles. The standard InChI is InChI=1S/C18H22FNO/c1-18(2,14-7-5-4-6-8-14)17(20)12-13-9-10-16(21-3)15(19)11-13/h4-11,17H,12,20H2,1-3H3. The molecule has 0 spiro atoms. The number of hydrogen-bond donors (Lipinski definition) is 1. The first-order chi connectivity index (χ1) is 9.95. The van der Waals surface area contributed by atoms with E-state index in [2.05, 4.69) is 26.0 Å². The molecule has 21 heavy (non-hydrogen) atoms. The molecule has 0 amide bonds. The van der Waals surface area contributed by atoms with Crippen LogP contribution in [0.4, 0.5) is 4.39 Å². The number of hydrogen-bond acceptors (Lipinski definition) is 2. The van der Waals surface area contributed by atoms with Crippen molar-refractivity contribution in [3.8, 4) is 5.75 Å². The van der Waals surface area contributed by atoms with Gasteiger partial charge in [-0.2, -0.15) is 0 Å². The highest BCUT2D eigenvalue weighted by Gasteiger charge is 2.28. The van der Waals surface area contributed by atoms with E-state index in [1.165, 1.54) is 18.7 Å². The lowest BCUT2D eigenvalue weighted by Gasteiger charge is -2.32. The molecule has 112 valence electrons.